The zero-order valence-electron chi connectivity index (χ0n) is 5.94. The third-order valence-corrected chi connectivity index (χ3v) is 1.28. The number of hydrogen-bond donors (Lipinski definition) is 4. The summed E-state index contributed by atoms with van der Waals surface area (Å²) in [5, 5.41) is 26.7. The van der Waals surface area contributed by atoms with Crippen LogP contribution in [-0.2, 0) is 0 Å². The van der Waals surface area contributed by atoms with E-state index in [1.54, 1.807) is 0 Å². The molecule has 0 amide bonds. The van der Waals surface area contributed by atoms with Crippen LogP contribution in [0.4, 0.5) is 0 Å². The number of hydrogen-bond acceptors (Lipinski definition) is 4. The third kappa shape index (κ3) is 2.62. The average Bonchev–Trinajstić information content (AvgIpc) is 1.84. The summed E-state index contributed by atoms with van der Waals surface area (Å²) in [4.78, 5) is 0. The highest BCUT2D eigenvalue weighted by molar-refractivity contribution is 4.82. The molecule has 1 radical (unpaired) electrons. The summed E-state index contributed by atoms with van der Waals surface area (Å²) in [6, 6.07) is -0.774. The molecule has 0 bridgehead atoms. The predicted octanol–water partition coefficient (Wildman–Crippen LogP) is -1.75. The minimum atomic E-state index is -1.22. The van der Waals surface area contributed by atoms with Crippen LogP contribution < -0.4 is 5.73 Å². The number of aliphatic hydroxyl groups is 3. The topological polar surface area (TPSA) is 86.7 Å². The van der Waals surface area contributed by atoms with Gasteiger partial charge in [-0.15, -0.1) is 0 Å². The summed E-state index contributed by atoms with van der Waals surface area (Å²) in [7, 11) is 0. The summed E-state index contributed by atoms with van der Waals surface area (Å²) in [6.07, 6.45) is -3.37. The Bertz CT molecular complexity index is 83.0. The largest absolute Gasteiger partial charge is 0.391 e. The molecule has 4 atom stereocenters. The van der Waals surface area contributed by atoms with Crippen LogP contribution in [0.15, 0.2) is 0 Å². The SMILES string of the molecule is [CH2]C(N)C(O)C(O)C(C)O. The summed E-state index contributed by atoms with van der Waals surface area (Å²) >= 11 is 0. The Morgan fingerprint density at radius 1 is 1.20 bits per heavy atom. The lowest BCUT2D eigenvalue weighted by Crippen LogP contribution is -2.45. The fourth-order valence-corrected chi connectivity index (χ4v) is 0.539. The van der Waals surface area contributed by atoms with Gasteiger partial charge in [-0.3, -0.25) is 0 Å². The quantitative estimate of drug-likeness (QED) is 0.382. The lowest BCUT2D eigenvalue weighted by molar-refractivity contribution is -0.0558. The molecule has 4 nitrogen and oxygen atoms in total. The molecule has 4 unspecified atom stereocenters. The van der Waals surface area contributed by atoms with E-state index in [9.17, 15) is 0 Å². The maximum absolute atomic E-state index is 8.97. The molecule has 0 aromatic rings. The van der Waals surface area contributed by atoms with Gasteiger partial charge in [-0.1, -0.05) is 0 Å². The molecule has 0 spiro atoms. The van der Waals surface area contributed by atoms with Gasteiger partial charge in [-0.05, 0) is 13.8 Å². The molecule has 0 saturated carbocycles. The fraction of sp³-hybridized carbons (Fsp3) is 0.833. The summed E-state index contributed by atoms with van der Waals surface area (Å²) in [5.41, 5.74) is 5.14. The molecule has 5 N–H and O–H groups in total. The number of rotatable bonds is 3. The Morgan fingerprint density at radius 2 is 1.60 bits per heavy atom. The minimum absolute atomic E-state index is 0.774. The van der Waals surface area contributed by atoms with Gasteiger partial charge in [-0.25, -0.2) is 0 Å². The van der Waals surface area contributed by atoms with Crippen LogP contribution >= 0.6 is 0 Å². The van der Waals surface area contributed by atoms with Crippen molar-refractivity contribution in [2.75, 3.05) is 0 Å². The summed E-state index contributed by atoms with van der Waals surface area (Å²) in [6.45, 7) is 4.67. The maximum atomic E-state index is 8.97. The maximum Gasteiger partial charge on any atom is 0.107 e. The van der Waals surface area contributed by atoms with E-state index in [1.165, 1.54) is 6.92 Å². The molecule has 0 aromatic heterocycles. The van der Waals surface area contributed by atoms with Gasteiger partial charge in [-0.2, -0.15) is 0 Å². The van der Waals surface area contributed by atoms with Gasteiger partial charge in [0.05, 0.1) is 12.2 Å². The van der Waals surface area contributed by atoms with E-state index in [2.05, 4.69) is 6.92 Å². The molecule has 4 heteroatoms. The third-order valence-electron chi connectivity index (χ3n) is 1.28. The molecule has 0 aliphatic carbocycles. The van der Waals surface area contributed by atoms with E-state index in [1.807, 2.05) is 0 Å². The monoisotopic (exact) mass is 148 g/mol. The Labute approximate surface area is 60.3 Å². The molecule has 0 aromatic carbocycles. The lowest BCUT2D eigenvalue weighted by Gasteiger charge is -2.22. The van der Waals surface area contributed by atoms with Gasteiger partial charge in [0.1, 0.15) is 6.10 Å². The summed E-state index contributed by atoms with van der Waals surface area (Å²) < 4.78 is 0. The van der Waals surface area contributed by atoms with Crippen molar-refractivity contribution in [3.63, 3.8) is 0 Å². The molecule has 0 fully saturated rings. The van der Waals surface area contributed by atoms with E-state index in [4.69, 9.17) is 21.1 Å². The highest BCUT2D eigenvalue weighted by atomic mass is 16.4. The van der Waals surface area contributed by atoms with Crippen molar-refractivity contribution in [3.8, 4) is 0 Å². The van der Waals surface area contributed by atoms with Gasteiger partial charge in [0, 0.05) is 6.04 Å². The summed E-state index contributed by atoms with van der Waals surface area (Å²) in [5.74, 6) is 0. The minimum Gasteiger partial charge on any atom is -0.391 e. The second kappa shape index (κ2) is 3.88. The first-order valence-corrected chi connectivity index (χ1v) is 3.09. The lowest BCUT2D eigenvalue weighted by atomic mass is 10.0. The van der Waals surface area contributed by atoms with Crippen LogP contribution in [0.5, 0.6) is 0 Å². The van der Waals surface area contributed by atoms with Crippen molar-refractivity contribution in [2.24, 2.45) is 5.73 Å². The first kappa shape index (κ1) is 9.84. The Hall–Kier alpha value is -0.160. The van der Waals surface area contributed by atoms with Gasteiger partial charge >= 0.3 is 0 Å². The van der Waals surface area contributed by atoms with Crippen LogP contribution in [0, 0.1) is 6.92 Å². The first-order chi connectivity index (χ1) is 4.46. The van der Waals surface area contributed by atoms with Crippen molar-refractivity contribution in [3.05, 3.63) is 6.92 Å². The zero-order chi connectivity index (χ0) is 8.31. The number of nitrogens with two attached hydrogens (primary N) is 1. The molecule has 0 aliphatic rings. The normalized spacial score (nSPS) is 23.4. The van der Waals surface area contributed by atoms with Gasteiger partial charge in [0.2, 0.25) is 0 Å². The predicted molar refractivity (Wildman–Crippen MR) is 37.0 cm³/mol. The standard InChI is InChI=1S/C6H14NO3/c1-3(7)5(9)6(10)4(2)8/h3-6,8-10H,1,7H2,2H3. The molecule has 0 rings (SSSR count). The van der Waals surface area contributed by atoms with Crippen molar-refractivity contribution in [1.29, 1.82) is 0 Å². The van der Waals surface area contributed by atoms with Crippen LogP contribution in [0.3, 0.4) is 0 Å². The smallest absolute Gasteiger partial charge is 0.107 e. The Kier molecular flexibility index (Phi) is 3.81. The van der Waals surface area contributed by atoms with Crippen molar-refractivity contribution in [1.82, 2.24) is 0 Å². The Morgan fingerprint density at radius 3 is 1.70 bits per heavy atom. The van der Waals surface area contributed by atoms with E-state index in [-0.39, 0.29) is 0 Å². The molecular formula is C6H14NO3. The van der Waals surface area contributed by atoms with Gasteiger partial charge in [0.25, 0.3) is 0 Å². The van der Waals surface area contributed by atoms with Gasteiger partial charge in [0.15, 0.2) is 0 Å². The van der Waals surface area contributed by atoms with Crippen LogP contribution in [-0.4, -0.2) is 39.7 Å². The van der Waals surface area contributed by atoms with Crippen LogP contribution in [0.25, 0.3) is 0 Å². The highest BCUT2D eigenvalue weighted by Crippen LogP contribution is 2.01. The molecular weight excluding hydrogens is 134 g/mol. The molecule has 0 heterocycles. The van der Waals surface area contributed by atoms with Crippen molar-refractivity contribution in [2.45, 2.75) is 31.3 Å². The average molecular weight is 148 g/mol. The van der Waals surface area contributed by atoms with E-state index >= 15 is 0 Å². The number of aliphatic hydroxyl groups excluding tert-OH is 3. The first-order valence-electron chi connectivity index (χ1n) is 3.09. The molecule has 0 aliphatic heterocycles. The Balaban J connectivity index is 3.81. The fourth-order valence-electron chi connectivity index (χ4n) is 0.539. The van der Waals surface area contributed by atoms with E-state index in [0.29, 0.717) is 0 Å². The van der Waals surface area contributed by atoms with Crippen LogP contribution in [0.2, 0.25) is 0 Å². The molecule has 61 valence electrons. The molecule has 10 heavy (non-hydrogen) atoms. The van der Waals surface area contributed by atoms with E-state index in [0.717, 1.165) is 0 Å². The second-order valence-electron chi connectivity index (χ2n) is 2.39. The van der Waals surface area contributed by atoms with E-state index < -0.39 is 24.4 Å². The molecule has 0 saturated heterocycles. The van der Waals surface area contributed by atoms with Crippen molar-refractivity contribution < 1.29 is 15.3 Å². The van der Waals surface area contributed by atoms with Crippen molar-refractivity contribution >= 4 is 0 Å². The highest BCUT2D eigenvalue weighted by Gasteiger charge is 2.23. The van der Waals surface area contributed by atoms with Crippen LogP contribution in [0.1, 0.15) is 6.92 Å². The van der Waals surface area contributed by atoms with Gasteiger partial charge < -0.3 is 21.1 Å². The second-order valence-corrected chi connectivity index (χ2v) is 2.39. The zero-order valence-corrected chi connectivity index (χ0v) is 5.94.